The fraction of sp³-hybridized carbons (Fsp3) is 0.267. The summed E-state index contributed by atoms with van der Waals surface area (Å²) in [6.45, 7) is 0. The molecule has 92 valence electrons. The molecule has 0 fully saturated rings. The third-order valence-electron chi connectivity index (χ3n) is 2.77. The molecule has 1 heterocycles. The van der Waals surface area contributed by atoms with Crippen molar-refractivity contribution in [1.29, 1.82) is 0 Å². The van der Waals surface area contributed by atoms with Gasteiger partial charge in [0.1, 0.15) is 0 Å². The Morgan fingerprint density at radius 2 is 2.06 bits per heavy atom. The Kier molecular flexibility index (Phi) is 4.16. The molecule has 3 nitrogen and oxygen atoms in total. The van der Waals surface area contributed by atoms with Crippen LogP contribution in [0.4, 0.5) is 0 Å². The van der Waals surface area contributed by atoms with E-state index in [1.807, 2.05) is 42.6 Å². The second-order valence-corrected chi connectivity index (χ2v) is 4.13. The van der Waals surface area contributed by atoms with E-state index in [-0.39, 0.29) is 0 Å². The van der Waals surface area contributed by atoms with Crippen LogP contribution in [0.3, 0.4) is 0 Å². The Balaban J connectivity index is 2.04. The van der Waals surface area contributed by atoms with Crippen LogP contribution in [0.1, 0.15) is 31.1 Å². The molecule has 0 saturated heterocycles. The van der Waals surface area contributed by atoms with Crippen molar-refractivity contribution >= 4 is 0 Å². The molecule has 2 rings (SSSR count). The molecule has 2 aromatic rings. The first-order chi connectivity index (χ1) is 8.81. The van der Waals surface area contributed by atoms with Gasteiger partial charge in [-0.1, -0.05) is 18.2 Å². The number of unbranched alkanes of at least 4 members (excludes halogenated alkanes) is 1. The van der Waals surface area contributed by atoms with E-state index in [1.165, 1.54) is 0 Å². The highest BCUT2D eigenvalue weighted by molar-refractivity contribution is 5.30. The van der Waals surface area contributed by atoms with Gasteiger partial charge in [-0.05, 0) is 31.0 Å². The molecule has 1 unspecified atom stereocenters. The number of aliphatic hydroxyl groups excluding tert-OH is 1. The van der Waals surface area contributed by atoms with E-state index in [2.05, 4.69) is 11.0 Å². The molecule has 1 N–H and O–H groups in total. The lowest BCUT2D eigenvalue weighted by Gasteiger charge is -2.06. The summed E-state index contributed by atoms with van der Waals surface area (Å²) in [6, 6.07) is 11.7. The number of benzene rings is 1. The van der Waals surface area contributed by atoms with E-state index in [1.54, 1.807) is 4.68 Å². The summed E-state index contributed by atoms with van der Waals surface area (Å²) in [6.07, 6.45) is 8.65. The maximum atomic E-state index is 9.96. The molecule has 1 aromatic heterocycles. The molecule has 1 aromatic carbocycles. The molecule has 0 radical (unpaired) electrons. The number of rotatable bonds is 5. The summed E-state index contributed by atoms with van der Waals surface area (Å²) < 4.78 is 1.76. The molecule has 0 aliphatic heterocycles. The number of terminal acetylenes is 1. The molecule has 1 atom stereocenters. The lowest BCUT2D eigenvalue weighted by molar-refractivity contribution is 0.160. The summed E-state index contributed by atoms with van der Waals surface area (Å²) in [5, 5.41) is 14.3. The summed E-state index contributed by atoms with van der Waals surface area (Å²) >= 11 is 0. The zero-order chi connectivity index (χ0) is 12.8. The lowest BCUT2D eigenvalue weighted by Crippen LogP contribution is -2.01. The third-order valence-corrected chi connectivity index (χ3v) is 2.77. The van der Waals surface area contributed by atoms with Gasteiger partial charge in [-0.3, -0.25) is 0 Å². The van der Waals surface area contributed by atoms with E-state index in [4.69, 9.17) is 6.42 Å². The zero-order valence-electron chi connectivity index (χ0n) is 10.2. The van der Waals surface area contributed by atoms with Gasteiger partial charge in [0.25, 0.3) is 0 Å². The number of hydrogen-bond donors (Lipinski definition) is 1. The molecular formula is C15H16N2O. The number of nitrogens with zero attached hydrogens (tertiary/aromatic N) is 2. The number of aliphatic hydroxyl groups is 1. The van der Waals surface area contributed by atoms with Crippen molar-refractivity contribution in [2.75, 3.05) is 0 Å². The maximum absolute atomic E-state index is 9.96. The van der Waals surface area contributed by atoms with Crippen LogP contribution in [0, 0.1) is 12.3 Å². The van der Waals surface area contributed by atoms with Gasteiger partial charge in [0, 0.05) is 12.6 Å². The standard InChI is InChI=1S/C15H16N2O/c1-2-3-5-10-15(18)14-11-12-17(16-14)13-8-6-4-7-9-13/h1,4,6-9,11-12,15,18H,3,5,10H2. The Morgan fingerprint density at radius 1 is 1.28 bits per heavy atom. The summed E-state index contributed by atoms with van der Waals surface area (Å²) in [5.41, 5.74) is 1.68. The quantitative estimate of drug-likeness (QED) is 0.644. The predicted molar refractivity (Wildman–Crippen MR) is 71.2 cm³/mol. The van der Waals surface area contributed by atoms with Crippen molar-refractivity contribution < 1.29 is 5.11 Å². The van der Waals surface area contributed by atoms with Gasteiger partial charge in [0.15, 0.2) is 0 Å². The minimum absolute atomic E-state index is 0.539. The predicted octanol–water partition coefficient (Wildman–Crippen LogP) is 2.71. The lowest BCUT2D eigenvalue weighted by atomic mass is 10.1. The van der Waals surface area contributed by atoms with Gasteiger partial charge in [-0.2, -0.15) is 5.10 Å². The molecule has 0 amide bonds. The van der Waals surface area contributed by atoms with Crippen molar-refractivity contribution in [1.82, 2.24) is 9.78 Å². The maximum Gasteiger partial charge on any atom is 0.0978 e. The van der Waals surface area contributed by atoms with Gasteiger partial charge in [0.05, 0.1) is 17.5 Å². The Bertz CT molecular complexity index is 525. The van der Waals surface area contributed by atoms with Gasteiger partial charge >= 0.3 is 0 Å². The number of hydrogen-bond acceptors (Lipinski definition) is 2. The average Bonchev–Trinajstić information content (AvgIpc) is 2.89. The average molecular weight is 240 g/mol. The van der Waals surface area contributed by atoms with Crippen molar-refractivity contribution in [2.24, 2.45) is 0 Å². The molecule has 0 spiro atoms. The Hall–Kier alpha value is -2.05. The van der Waals surface area contributed by atoms with Gasteiger partial charge in [-0.25, -0.2) is 4.68 Å². The first kappa shape index (κ1) is 12.4. The van der Waals surface area contributed by atoms with Gasteiger partial charge < -0.3 is 5.11 Å². The smallest absolute Gasteiger partial charge is 0.0978 e. The number of para-hydroxylation sites is 1. The van der Waals surface area contributed by atoms with E-state index in [0.717, 1.165) is 12.1 Å². The van der Waals surface area contributed by atoms with E-state index < -0.39 is 6.10 Å². The second kappa shape index (κ2) is 6.04. The van der Waals surface area contributed by atoms with E-state index >= 15 is 0 Å². The third kappa shape index (κ3) is 2.99. The highest BCUT2D eigenvalue weighted by Gasteiger charge is 2.10. The highest BCUT2D eigenvalue weighted by atomic mass is 16.3. The fourth-order valence-corrected chi connectivity index (χ4v) is 1.79. The van der Waals surface area contributed by atoms with Crippen LogP contribution in [0.2, 0.25) is 0 Å². The number of aromatic nitrogens is 2. The molecule has 3 heteroatoms. The monoisotopic (exact) mass is 240 g/mol. The first-order valence-corrected chi connectivity index (χ1v) is 6.04. The van der Waals surface area contributed by atoms with Gasteiger partial charge in [0.2, 0.25) is 0 Å². The van der Waals surface area contributed by atoms with Crippen molar-refractivity contribution in [2.45, 2.75) is 25.4 Å². The molecule has 0 saturated carbocycles. The minimum atomic E-state index is -0.539. The topological polar surface area (TPSA) is 38.0 Å². The van der Waals surface area contributed by atoms with E-state index in [9.17, 15) is 5.11 Å². The highest BCUT2D eigenvalue weighted by Crippen LogP contribution is 2.18. The first-order valence-electron chi connectivity index (χ1n) is 6.04. The minimum Gasteiger partial charge on any atom is -0.387 e. The molecule has 18 heavy (non-hydrogen) atoms. The van der Waals surface area contributed by atoms with Crippen LogP contribution in [-0.4, -0.2) is 14.9 Å². The second-order valence-electron chi connectivity index (χ2n) is 4.13. The van der Waals surface area contributed by atoms with Crippen LogP contribution in [-0.2, 0) is 0 Å². The van der Waals surface area contributed by atoms with Crippen LogP contribution in [0.5, 0.6) is 0 Å². The molecule has 0 aliphatic carbocycles. The molecule has 0 aliphatic rings. The largest absolute Gasteiger partial charge is 0.387 e. The van der Waals surface area contributed by atoms with Crippen molar-refractivity contribution in [3.05, 3.63) is 48.3 Å². The van der Waals surface area contributed by atoms with Crippen LogP contribution < -0.4 is 0 Å². The Morgan fingerprint density at radius 3 is 2.78 bits per heavy atom. The van der Waals surface area contributed by atoms with Crippen LogP contribution in [0.25, 0.3) is 5.69 Å². The van der Waals surface area contributed by atoms with Crippen molar-refractivity contribution in [3.8, 4) is 18.0 Å². The van der Waals surface area contributed by atoms with E-state index in [0.29, 0.717) is 18.5 Å². The van der Waals surface area contributed by atoms with Crippen molar-refractivity contribution in [3.63, 3.8) is 0 Å². The molecular weight excluding hydrogens is 224 g/mol. The summed E-state index contributed by atoms with van der Waals surface area (Å²) in [5.74, 6) is 2.57. The van der Waals surface area contributed by atoms with Gasteiger partial charge in [-0.15, -0.1) is 12.3 Å². The fourth-order valence-electron chi connectivity index (χ4n) is 1.79. The SMILES string of the molecule is C#CCCCC(O)c1ccn(-c2ccccc2)n1. The Labute approximate surface area is 107 Å². The molecule has 0 bridgehead atoms. The normalized spacial score (nSPS) is 12.0. The summed E-state index contributed by atoms with van der Waals surface area (Å²) in [7, 11) is 0. The zero-order valence-corrected chi connectivity index (χ0v) is 10.2. The summed E-state index contributed by atoms with van der Waals surface area (Å²) in [4.78, 5) is 0. The van der Waals surface area contributed by atoms with Crippen LogP contribution in [0.15, 0.2) is 42.6 Å². The van der Waals surface area contributed by atoms with Crippen LogP contribution >= 0.6 is 0 Å².